The van der Waals surface area contributed by atoms with Crippen LogP contribution in [0.4, 0.5) is 11.4 Å². The third kappa shape index (κ3) is 4.86. The smallest absolute Gasteiger partial charge is 0.0620 e. The fourth-order valence-electron chi connectivity index (χ4n) is 11.0. The molecule has 0 radical (unpaired) electrons. The molecule has 3 heterocycles. The van der Waals surface area contributed by atoms with Crippen LogP contribution < -0.4 is 9.80 Å². The van der Waals surface area contributed by atoms with Gasteiger partial charge < -0.3 is 14.4 Å². The Morgan fingerprint density at radius 1 is 0.574 bits per heavy atom. The summed E-state index contributed by atoms with van der Waals surface area (Å²) in [6, 6.07) is 31.6. The van der Waals surface area contributed by atoms with Gasteiger partial charge in [0.05, 0.1) is 11.2 Å². The van der Waals surface area contributed by atoms with Crippen LogP contribution in [0.3, 0.4) is 0 Å². The Hall–Kier alpha value is -5.02. The van der Waals surface area contributed by atoms with E-state index < -0.39 is 0 Å². The summed E-state index contributed by atoms with van der Waals surface area (Å²) in [5.41, 5.74) is 16.9. The molecule has 2 saturated heterocycles. The molecule has 11 rings (SSSR count). The second kappa shape index (κ2) is 12.5. The van der Waals surface area contributed by atoms with Crippen molar-refractivity contribution < 1.29 is 0 Å². The first-order valence-corrected chi connectivity index (χ1v) is 20.9. The maximum absolute atomic E-state index is 2.64. The van der Waals surface area contributed by atoms with E-state index in [-0.39, 0.29) is 5.41 Å². The number of fused-ring (bicyclic) bond motifs is 7. The largest absolute Gasteiger partial charge is 0.372 e. The Balaban J connectivity index is 1.25. The van der Waals surface area contributed by atoms with E-state index >= 15 is 0 Å². The van der Waals surface area contributed by atoms with Gasteiger partial charge >= 0.3 is 0 Å². The van der Waals surface area contributed by atoms with Crippen LogP contribution in [0.1, 0.15) is 94.0 Å². The number of aromatic nitrogens is 1. The van der Waals surface area contributed by atoms with Gasteiger partial charge in [-0.1, -0.05) is 74.5 Å². The van der Waals surface area contributed by atoms with E-state index in [4.69, 9.17) is 0 Å². The Kier molecular flexibility index (Phi) is 7.51. The van der Waals surface area contributed by atoms with Crippen LogP contribution in [0.5, 0.6) is 0 Å². The van der Waals surface area contributed by atoms with Crippen molar-refractivity contribution >= 4 is 55.5 Å². The SMILES string of the molecule is CC1(C)C2=C(CCC=C2)c2ccc(-c3c4cc(N5CCCCC5)ccc4c(-n4c5c(c6ccccc64)CCC=C5)c4cc(N5CCCCC5)ccc34)cc21. The highest BCUT2D eigenvalue weighted by atomic mass is 15.1. The van der Waals surface area contributed by atoms with Crippen LogP contribution in [0.25, 0.3) is 60.9 Å². The first-order valence-electron chi connectivity index (χ1n) is 20.9. The summed E-state index contributed by atoms with van der Waals surface area (Å²) in [6.45, 7) is 9.44. The average Bonchev–Trinajstić information content (AvgIpc) is 3.68. The van der Waals surface area contributed by atoms with Crippen molar-refractivity contribution in [1.82, 2.24) is 4.57 Å². The van der Waals surface area contributed by atoms with Gasteiger partial charge in [-0.05, 0) is 156 Å². The molecular formula is C51H51N3. The molecule has 5 aromatic carbocycles. The van der Waals surface area contributed by atoms with Crippen molar-refractivity contribution in [3.8, 4) is 16.8 Å². The standard InChI is InChI=1S/C51H51N3/c1-51(2)45-18-8-5-15-37(45)38-24-21-34(31-46(38)51)49-41-25-22-36(53-29-13-4-14-30-53)33-44(41)50(42-26-23-35(32-43(42)49)52-27-11-3-12-28-52)54-47-19-9-6-16-39(47)40-17-7-10-20-48(40)54/h6,8-10,16,18-26,31-33H,3-5,7,11-15,17,27-30H2,1-2H3. The second-order valence-electron chi connectivity index (χ2n) is 17.2. The molecule has 54 heavy (non-hydrogen) atoms. The maximum atomic E-state index is 2.64. The van der Waals surface area contributed by atoms with Crippen molar-refractivity contribution in [2.75, 3.05) is 36.0 Å². The summed E-state index contributed by atoms with van der Waals surface area (Å²) in [5.74, 6) is 0. The first kappa shape index (κ1) is 32.4. The summed E-state index contributed by atoms with van der Waals surface area (Å²) < 4.78 is 2.64. The number of piperidine rings is 2. The van der Waals surface area contributed by atoms with Crippen LogP contribution >= 0.6 is 0 Å². The number of allylic oxidation sites excluding steroid dienone is 5. The van der Waals surface area contributed by atoms with Crippen molar-refractivity contribution in [3.05, 3.63) is 125 Å². The molecule has 0 spiro atoms. The number of benzene rings is 5. The van der Waals surface area contributed by atoms with E-state index in [2.05, 4.69) is 131 Å². The lowest BCUT2D eigenvalue weighted by molar-refractivity contribution is 0.578. The zero-order chi connectivity index (χ0) is 36.0. The zero-order valence-electron chi connectivity index (χ0n) is 32.1. The van der Waals surface area contributed by atoms with Crippen LogP contribution in [0.2, 0.25) is 0 Å². The van der Waals surface area contributed by atoms with Crippen LogP contribution in [0, 0.1) is 0 Å². The van der Waals surface area contributed by atoms with Crippen LogP contribution in [0.15, 0.2) is 103 Å². The van der Waals surface area contributed by atoms with Crippen LogP contribution in [-0.2, 0) is 11.8 Å². The lowest BCUT2D eigenvalue weighted by Crippen LogP contribution is -2.29. The minimum Gasteiger partial charge on any atom is -0.372 e. The third-order valence-electron chi connectivity index (χ3n) is 13.7. The van der Waals surface area contributed by atoms with E-state index in [9.17, 15) is 0 Å². The maximum Gasteiger partial charge on any atom is 0.0620 e. The lowest BCUT2D eigenvalue weighted by Gasteiger charge is -2.31. The number of para-hydroxylation sites is 1. The first-order chi connectivity index (χ1) is 26.6. The van der Waals surface area contributed by atoms with Gasteiger partial charge in [0.2, 0.25) is 0 Å². The molecule has 0 N–H and O–H groups in total. The molecule has 0 amide bonds. The summed E-state index contributed by atoms with van der Waals surface area (Å²) >= 11 is 0. The molecule has 1 aromatic heterocycles. The van der Waals surface area contributed by atoms with Crippen molar-refractivity contribution in [1.29, 1.82) is 0 Å². The number of rotatable bonds is 4. The summed E-state index contributed by atoms with van der Waals surface area (Å²) in [6.07, 6.45) is 21.8. The highest BCUT2D eigenvalue weighted by Gasteiger charge is 2.37. The molecule has 3 heteroatoms. The van der Waals surface area contributed by atoms with E-state index in [1.807, 2.05) is 0 Å². The van der Waals surface area contributed by atoms with E-state index in [0.29, 0.717) is 0 Å². The van der Waals surface area contributed by atoms with Gasteiger partial charge in [0.15, 0.2) is 0 Å². The monoisotopic (exact) mass is 705 g/mol. The molecule has 0 atom stereocenters. The van der Waals surface area contributed by atoms with E-state index in [0.717, 1.165) is 51.9 Å². The normalized spacial score (nSPS) is 19.2. The minimum absolute atomic E-state index is 0.0149. The Morgan fingerprint density at radius 2 is 1.26 bits per heavy atom. The fraction of sp³-hybridized carbons (Fsp3) is 0.333. The van der Waals surface area contributed by atoms with Gasteiger partial charge in [-0.25, -0.2) is 0 Å². The summed E-state index contributed by atoms with van der Waals surface area (Å²) in [4.78, 5) is 5.28. The van der Waals surface area contributed by atoms with Gasteiger partial charge in [0, 0.05) is 64.8 Å². The predicted molar refractivity (Wildman–Crippen MR) is 232 cm³/mol. The van der Waals surface area contributed by atoms with Gasteiger partial charge in [0.1, 0.15) is 0 Å². The molecule has 2 aliphatic heterocycles. The number of aryl methyl sites for hydroxylation is 1. The highest BCUT2D eigenvalue weighted by Crippen LogP contribution is 2.52. The van der Waals surface area contributed by atoms with Crippen molar-refractivity contribution in [3.63, 3.8) is 0 Å². The number of anilines is 2. The highest BCUT2D eigenvalue weighted by molar-refractivity contribution is 6.20. The molecule has 0 unspecified atom stereocenters. The molecule has 3 aliphatic carbocycles. The fourth-order valence-corrected chi connectivity index (χ4v) is 11.0. The number of nitrogens with zero attached hydrogens (tertiary/aromatic N) is 3. The Bertz CT molecular complexity index is 2600. The van der Waals surface area contributed by atoms with Gasteiger partial charge in [0.25, 0.3) is 0 Å². The molecule has 270 valence electrons. The topological polar surface area (TPSA) is 11.4 Å². The van der Waals surface area contributed by atoms with E-state index in [1.54, 1.807) is 5.57 Å². The van der Waals surface area contributed by atoms with Gasteiger partial charge in [-0.15, -0.1) is 0 Å². The summed E-state index contributed by atoms with van der Waals surface area (Å²) in [7, 11) is 0. The second-order valence-corrected chi connectivity index (χ2v) is 17.2. The van der Waals surface area contributed by atoms with Gasteiger partial charge in [-0.2, -0.15) is 0 Å². The van der Waals surface area contributed by atoms with Crippen LogP contribution in [-0.4, -0.2) is 30.7 Å². The molecule has 0 bridgehead atoms. The summed E-state index contributed by atoms with van der Waals surface area (Å²) in [5, 5.41) is 6.82. The third-order valence-corrected chi connectivity index (χ3v) is 13.7. The predicted octanol–water partition coefficient (Wildman–Crippen LogP) is 12.9. The number of hydrogen-bond donors (Lipinski definition) is 0. The van der Waals surface area contributed by atoms with Gasteiger partial charge in [-0.3, -0.25) is 0 Å². The van der Waals surface area contributed by atoms with Crippen molar-refractivity contribution in [2.45, 2.75) is 83.5 Å². The zero-order valence-corrected chi connectivity index (χ0v) is 32.1. The molecule has 5 aliphatic rings. The molecule has 6 aromatic rings. The van der Waals surface area contributed by atoms with E-state index in [1.165, 1.54) is 127 Å². The quantitative estimate of drug-likeness (QED) is 0.169. The molecular weight excluding hydrogens is 655 g/mol. The Labute approximate surface area is 320 Å². The lowest BCUT2D eigenvalue weighted by atomic mass is 9.79. The minimum atomic E-state index is -0.0149. The number of hydrogen-bond acceptors (Lipinski definition) is 2. The Morgan fingerprint density at radius 3 is 2.04 bits per heavy atom. The average molecular weight is 706 g/mol. The molecule has 0 saturated carbocycles. The molecule has 2 fully saturated rings. The van der Waals surface area contributed by atoms with Crippen molar-refractivity contribution in [2.24, 2.45) is 0 Å². The molecule has 3 nitrogen and oxygen atoms in total.